The Labute approximate surface area is 110 Å². The summed E-state index contributed by atoms with van der Waals surface area (Å²) < 4.78 is 38.5. The Morgan fingerprint density at radius 3 is 2.42 bits per heavy atom. The lowest BCUT2D eigenvalue weighted by atomic mass is 10.3. The van der Waals surface area contributed by atoms with Crippen LogP contribution in [0.25, 0.3) is 0 Å². The van der Waals surface area contributed by atoms with Crippen molar-refractivity contribution in [2.75, 3.05) is 11.4 Å². The molecule has 0 fully saturated rings. The highest BCUT2D eigenvalue weighted by Gasteiger charge is 2.22. The van der Waals surface area contributed by atoms with E-state index in [9.17, 15) is 12.8 Å². The third-order valence-corrected chi connectivity index (χ3v) is 4.30. The molecule has 0 bridgehead atoms. The highest BCUT2D eigenvalue weighted by Crippen LogP contribution is 2.23. The summed E-state index contributed by atoms with van der Waals surface area (Å²) in [5.74, 6) is -0.692. The molecule has 0 unspecified atom stereocenters. The number of hydrogen-bond acceptors (Lipinski definition) is 4. The van der Waals surface area contributed by atoms with Crippen LogP contribution in [0.2, 0.25) is 0 Å². The van der Waals surface area contributed by atoms with Crippen molar-refractivity contribution >= 4 is 15.7 Å². The van der Waals surface area contributed by atoms with E-state index in [1.54, 1.807) is 0 Å². The fourth-order valence-electron chi connectivity index (χ4n) is 1.49. The molecule has 1 aromatic carbocycles. The van der Waals surface area contributed by atoms with E-state index >= 15 is 0 Å². The Bertz CT molecular complexity index is 686. The van der Waals surface area contributed by atoms with E-state index in [0.29, 0.717) is 5.69 Å². The Kier molecular flexibility index (Phi) is 3.39. The molecular weight excluding hydrogens is 271 g/mol. The summed E-state index contributed by atoms with van der Waals surface area (Å²) in [7, 11) is -2.54. The van der Waals surface area contributed by atoms with Crippen molar-refractivity contribution in [2.45, 2.75) is 4.90 Å². The third-order valence-electron chi connectivity index (χ3n) is 2.55. The number of anilines is 1. The second-order valence-corrected chi connectivity index (χ2v) is 5.80. The molecule has 0 aliphatic rings. The largest absolute Gasteiger partial charge is 0.508 e. The molecule has 2 aromatic rings. The lowest BCUT2D eigenvalue weighted by Gasteiger charge is -2.19. The van der Waals surface area contributed by atoms with Crippen LogP contribution in [0.1, 0.15) is 0 Å². The summed E-state index contributed by atoms with van der Waals surface area (Å²) in [5, 5.41) is 9.17. The molecule has 1 heterocycles. The molecule has 1 N–H and O–H groups in total. The van der Waals surface area contributed by atoms with Crippen molar-refractivity contribution in [1.29, 1.82) is 0 Å². The monoisotopic (exact) mass is 282 g/mol. The van der Waals surface area contributed by atoms with E-state index in [2.05, 4.69) is 4.98 Å². The molecular formula is C12H11FN2O3S. The van der Waals surface area contributed by atoms with Crippen LogP contribution >= 0.6 is 0 Å². The van der Waals surface area contributed by atoms with Crippen molar-refractivity contribution in [3.63, 3.8) is 0 Å². The molecule has 0 saturated carbocycles. The molecule has 0 amide bonds. The van der Waals surface area contributed by atoms with Gasteiger partial charge in [0.05, 0.1) is 11.9 Å². The second-order valence-electron chi connectivity index (χ2n) is 3.83. The first-order valence-electron chi connectivity index (χ1n) is 5.30. The second kappa shape index (κ2) is 4.85. The lowest BCUT2D eigenvalue weighted by Crippen LogP contribution is -2.26. The first kappa shape index (κ1) is 13.3. The summed E-state index contributed by atoms with van der Waals surface area (Å²) in [4.78, 5) is 3.29. The van der Waals surface area contributed by atoms with Crippen molar-refractivity contribution in [1.82, 2.24) is 4.98 Å². The SMILES string of the molecule is CN(c1ccc(O)cc1)S(=O)(=O)c1cncc(F)c1. The Morgan fingerprint density at radius 2 is 1.84 bits per heavy atom. The van der Waals surface area contributed by atoms with Crippen LogP contribution in [0.15, 0.2) is 47.6 Å². The van der Waals surface area contributed by atoms with Crippen molar-refractivity contribution in [3.05, 3.63) is 48.5 Å². The van der Waals surface area contributed by atoms with E-state index < -0.39 is 15.8 Å². The van der Waals surface area contributed by atoms with Crippen LogP contribution in [0, 0.1) is 5.82 Å². The number of rotatable bonds is 3. The van der Waals surface area contributed by atoms with E-state index in [0.717, 1.165) is 22.8 Å². The zero-order chi connectivity index (χ0) is 14.0. The number of sulfonamides is 1. The average Bonchev–Trinajstić information content (AvgIpc) is 2.39. The summed E-state index contributed by atoms with van der Waals surface area (Å²) in [6, 6.07) is 6.52. The minimum absolute atomic E-state index is 0.0296. The topological polar surface area (TPSA) is 70.5 Å². The first-order chi connectivity index (χ1) is 8.91. The summed E-state index contributed by atoms with van der Waals surface area (Å²) in [6.07, 6.45) is 2.01. The number of halogens is 1. The van der Waals surface area contributed by atoms with Gasteiger partial charge in [-0.25, -0.2) is 12.8 Å². The molecule has 0 aliphatic carbocycles. The number of hydrogen-bond donors (Lipinski definition) is 1. The maximum atomic E-state index is 13.0. The number of phenolic OH excluding ortho intramolecular Hbond substituents is 1. The number of aromatic hydroxyl groups is 1. The maximum absolute atomic E-state index is 13.0. The van der Waals surface area contributed by atoms with Crippen molar-refractivity contribution in [2.24, 2.45) is 0 Å². The minimum atomic E-state index is -3.88. The molecule has 2 rings (SSSR count). The van der Waals surface area contributed by atoms with Gasteiger partial charge in [0, 0.05) is 13.2 Å². The Morgan fingerprint density at radius 1 is 1.21 bits per heavy atom. The van der Waals surface area contributed by atoms with E-state index in [4.69, 9.17) is 5.11 Å². The minimum Gasteiger partial charge on any atom is -0.508 e. The quantitative estimate of drug-likeness (QED) is 0.931. The molecule has 0 saturated heterocycles. The van der Waals surface area contributed by atoms with Gasteiger partial charge in [0.25, 0.3) is 10.0 Å². The van der Waals surface area contributed by atoms with Gasteiger partial charge in [-0.1, -0.05) is 0 Å². The van der Waals surface area contributed by atoms with Crippen LogP contribution < -0.4 is 4.31 Å². The molecule has 0 radical (unpaired) electrons. The normalized spacial score (nSPS) is 11.3. The zero-order valence-electron chi connectivity index (χ0n) is 9.99. The van der Waals surface area contributed by atoms with Crippen LogP contribution in [-0.4, -0.2) is 25.6 Å². The highest BCUT2D eigenvalue weighted by molar-refractivity contribution is 7.92. The van der Waals surface area contributed by atoms with Gasteiger partial charge in [-0.15, -0.1) is 0 Å². The molecule has 0 aliphatic heterocycles. The number of aromatic nitrogens is 1. The van der Waals surface area contributed by atoms with Gasteiger partial charge in [-0.3, -0.25) is 9.29 Å². The Hall–Kier alpha value is -2.15. The summed E-state index contributed by atoms with van der Waals surface area (Å²) >= 11 is 0. The van der Waals surface area contributed by atoms with Gasteiger partial charge in [0.2, 0.25) is 0 Å². The molecule has 0 atom stereocenters. The lowest BCUT2D eigenvalue weighted by molar-refractivity contribution is 0.475. The van der Waals surface area contributed by atoms with Crippen LogP contribution in [-0.2, 0) is 10.0 Å². The van der Waals surface area contributed by atoms with Crippen LogP contribution in [0.4, 0.5) is 10.1 Å². The molecule has 7 heteroatoms. The van der Waals surface area contributed by atoms with Crippen LogP contribution in [0.3, 0.4) is 0 Å². The third kappa shape index (κ3) is 2.65. The first-order valence-corrected chi connectivity index (χ1v) is 6.74. The van der Waals surface area contributed by atoms with Gasteiger partial charge >= 0.3 is 0 Å². The highest BCUT2D eigenvalue weighted by atomic mass is 32.2. The van der Waals surface area contributed by atoms with Gasteiger partial charge < -0.3 is 5.11 Å². The van der Waals surface area contributed by atoms with Crippen molar-refractivity contribution < 1.29 is 17.9 Å². The average molecular weight is 282 g/mol. The van der Waals surface area contributed by atoms with Gasteiger partial charge in [0.15, 0.2) is 0 Å². The van der Waals surface area contributed by atoms with Gasteiger partial charge in [-0.2, -0.15) is 0 Å². The van der Waals surface area contributed by atoms with Gasteiger partial charge in [-0.05, 0) is 30.3 Å². The number of benzene rings is 1. The fourth-order valence-corrected chi connectivity index (χ4v) is 2.66. The summed E-state index contributed by atoms with van der Waals surface area (Å²) in [5.41, 5.74) is 0.349. The molecule has 0 spiro atoms. The Balaban J connectivity index is 2.42. The predicted octanol–water partition coefficient (Wildman–Crippen LogP) is 1.75. The zero-order valence-corrected chi connectivity index (χ0v) is 10.8. The number of pyridine rings is 1. The van der Waals surface area contributed by atoms with E-state index in [1.165, 1.54) is 31.3 Å². The smallest absolute Gasteiger partial charge is 0.265 e. The van der Waals surface area contributed by atoms with Gasteiger partial charge in [0.1, 0.15) is 16.5 Å². The molecule has 19 heavy (non-hydrogen) atoms. The van der Waals surface area contributed by atoms with E-state index in [-0.39, 0.29) is 10.6 Å². The molecule has 1 aromatic heterocycles. The van der Waals surface area contributed by atoms with Crippen LogP contribution in [0.5, 0.6) is 5.75 Å². The maximum Gasteiger partial charge on any atom is 0.265 e. The van der Waals surface area contributed by atoms with Crippen molar-refractivity contribution in [3.8, 4) is 5.75 Å². The number of phenols is 1. The predicted molar refractivity (Wildman–Crippen MR) is 67.9 cm³/mol. The fraction of sp³-hybridized carbons (Fsp3) is 0.0833. The standard InChI is InChI=1S/C12H11FN2O3S/c1-15(10-2-4-11(16)5-3-10)19(17,18)12-6-9(13)7-14-8-12/h2-8,16H,1H3. The van der Waals surface area contributed by atoms with E-state index in [1.807, 2.05) is 0 Å². The number of nitrogens with zero attached hydrogens (tertiary/aromatic N) is 2. The molecule has 5 nitrogen and oxygen atoms in total. The summed E-state index contributed by atoms with van der Waals surface area (Å²) in [6.45, 7) is 0. The molecule has 100 valence electrons.